The standard InChI is InChI=1S/C14H21N3O5S/c1-10(14(19)20)17(4)9-13(18)15-11-6-5-7-12(8-11)23(21,22)16(2)3/h5-8,10H,9H2,1-4H3,(H,15,18)(H,19,20). The van der Waals surface area contributed by atoms with Crippen LogP contribution in [0.4, 0.5) is 5.69 Å². The van der Waals surface area contributed by atoms with Crippen molar-refractivity contribution in [3.63, 3.8) is 0 Å². The van der Waals surface area contributed by atoms with Gasteiger partial charge in [0, 0.05) is 19.8 Å². The predicted octanol–water partition coefficient (Wildman–Crippen LogP) is 0.280. The number of rotatable bonds is 7. The molecule has 1 aromatic rings. The van der Waals surface area contributed by atoms with Crippen LogP contribution in [0.15, 0.2) is 29.2 Å². The number of nitrogens with one attached hydrogen (secondary N) is 1. The van der Waals surface area contributed by atoms with Crippen LogP contribution in [0.3, 0.4) is 0 Å². The number of carboxylic acids is 1. The highest BCUT2D eigenvalue weighted by Crippen LogP contribution is 2.17. The van der Waals surface area contributed by atoms with Crippen molar-refractivity contribution in [2.24, 2.45) is 0 Å². The van der Waals surface area contributed by atoms with Gasteiger partial charge in [0.05, 0.1) is 11.4 Å². The Hall–Kier alpha value is -1.97. The van der Waals surface area contributed by atoms with Crippen LogP contribution in [0.2, 0.25) is 0 Å². The van der Waals surface area contributed by atoms with Crippen molar-refractivity contribution in [1.29, 1.82) is 0 Å². The van der Waals surface area contributed by atoms with Crippen LogP contribution in [-0.4, -0.2) is 68.3 Å². The number of benzene rings is 1. The zero-order chi connectivity index (χ0) is 17.8. The summed E-state index contributed by atoms with van der Waals surface area (Å²) in [5, 5.41) is 11.4. The summed E-state index contributed by atoms with van der Waals surface area (Å²) in [7, 11) is 0.769. The van der Waals surface area contributed by atoms with Gasteiger partial charge in [-0.25, -0.2) is 12.7 Å². The van der Waals surface area contributed by atoms with Gasteiger partial charge in [-0.2, -0.15) is 0 Å². The van der Waals surface area contributed by atoms with E-state index in [1.807, 2.05) is 0 Å². The first-order chi connectivity index (χ1) is 10.6. The lowest BCUT2D eigenvalue weighted by Crippen LogP contribution is -2.40. The van der Waals surface area contributed by atoms with E-state index in [-0.39, 0.29) is 11.4 Å². The van der Waals surface area contributed by atoms with Crippen LogP contribution in [0.25, 0.3) is 0 Å². The molecule has 0 aliphatic heterocycles. The molecule has 1 amide bonds. The highest BCUT2D eigenvalue weighted by molar-refractivity contribution is 7.89. The first-order valence-corrected chi connectivity index (χ1v) is 8.25. The summed E-state index contributed by atoms with van der Waals surface area (Å²) in [6.45, 7) is 1.35. The second-order valence-electron chi connectivity index (χ2n) is 5.29. The molecule has 1 aromatic carbocycles. The number of carbonyl (C=O) groups excluding carboxylic acids is 1. The Morgan fingerprint density at radius 3 is 2.39 bits per heavy atom. The maximum absolute atomic E-state index is 12.1. The molecule has 0 bridgehead atoms. The molecular weight excluding hydrogens is 322 g/mol. The SMILES string of the molecule is CC(C(=O)O)N(C)CC(=O)Nc1cccc(S(=O)(=O)N(C)C)c1. The molecule has 0 aliphatic rings. The lowest BCUT2D eigenvalue weighted by molar-refractivity contribution is -0.142. The van der Waals surface area contributed by atoms with E-state index < -0.39 is 27.9 Å². The van der Waals surface area contributed by atoms with E-state index in [2.05, 4.69) is 5.32 Å². The van der Waals surface area contributed by atoms with Crippen molar-refractivity contribution in [2.75, 3.05) is 33.0 Å². The average molecular weight is 343 g/mol. The van der Waals surface area contributed by atoms with E-state index in [9.17, 15) is 18.0 Å². The molecule has 0 radical (unpaired) electrons. The Morgan fingerprint density at radius 1 is 1.26 bits per heavy atom. The Morgan fingerprint density at radius 2 is 1.87 bits per heavy atom. The summed E-state index contributed by atoms with van der Waals surface area (Å²) in [6.07, 6.45) is 0. The fourth-order valence-electron chi connectivity index (χ4n) is 1.70. The van der Waals surface area contributed by atoms with Crippen LogP contribution < -0.4 is 5.32 Å². The summed E-state index contributed by atoms with van der Waals surface area (Å²) in [4.78, 5) is 24.2. The largest absolute Gasteiger partial charge is 0.480 e. The van der Waals surface area contributed by atoms with Gasteiger partial charge in [-0.1, -0.05) is 6.07 Å². The quantitative estimate of drug-likeness (QED) is 0.736. The second kappa shape index (κ2) is 7.53. The van der Waals surface area contributed by atoms with Crippen molar-refractivity contribution in [3.05, 3.63) is 24.3 Å². The number of anilines is 1. The molecule has 2 N–H and O–H groups in total. The predicted molar refractivity (Wildman–Crippen MR) is 85.7 cm³/mol. The molecule has 1 atom stereocenters. The fraction of sp³-hybridized carbons (Fsp3) is 0.429. The normalized spacial score (nSPS) is 13.1. The van der Waals surface area contributed by atoms with Gasteiger partial charge < -0.3 is 10.4 Å². The van der Waals surface area contributed by atoms with Gasteiger partial charge in [0.2, 0.25) is 15.9 Å². The molecule has 0 spiro atoms. The zero-order valence-electron chi connectivity index (χ0n) is 13.5. The molecule has 0 aliphatic carbocycles. The number of likely N-dealkylation sites (N-methyl/N-ethyl adjacent to an activating group) is 1. The van der Waals surface area contributed by atoms with Crippen molar-refractivity contribution < 1.29 is 23.1 Å². The van der Waals surface area contributed by atoms with Crippen LogP contribution in [0.1, 0.15) is 6.92 Å². The minimum Gasteiger partial charge on any atom is -0.480 e. The number of nitrogens with zero attached hydrogens (tertiary/aromatic N) is 2. The molecular formula is C14H21N3O5S. The number of carbonyl (C=O) groups is 2. The fourth-order valence-corrected chi connectivity index (χ4v) is 2.65. The first-order valence-electron chi connectivity index (χ1n) is 6.81. The third kappa shape index (κ3) is 5.02. The van der Waals surface area contributed by atoms with Crippen LogP contribution in [0.5, 0.6) is 0 Å². The summed E-state index contributed by atoms with van der Waals surface area (Å²) in [5.74, 6) is -1.46. The molecule has 0 heterocycles. The van der Waals surface area contributed by atoms with Gasteiger partial charge in [0.25, 0.3) is 0 Å². The van der Waals surface area contributed by atoms with E-state index in [0.29, 0.717) is 5.69 Å². The smallest absolute Gasteiger partial charge is 0.320 e. The maximum Gasteiger partial charge on any atom is 0.320 e. The molecule has 0 saturated carbocycles. The number of sulfonamides is 1. The minimum absolute atomic E-state index is 0.0626. The third-order valence-electron chi connectivity index (χ3n) is 3.31. The topological polar surface area (TPSA) is 107 Å². The highest BCUT2D eigenvalue weighted by atomic mass is 32.2. The average Bonchev–Trinajstić information content (AvgIpc) is 2.46. The van der Waals surface area contributed by atoms with Crippen LogP contribution in [-0.2, 0) is 19.6 Å². The Bertz CT molecular complexity index is 687. The molecule has 1 rings (SSSR count). The van der Waals surface area contributed by atoms with Crippen molar-refractivity contribution in [3.8, 4) is 0 Å². The third-order valence-corrected chi connectivity index (χ3v) is 5.12. The first kappa shape index (κ1) is 19.1. The summed E-state index contributed by atoms with van der Waals surface area (Å²) >= 11 is 0. The molecule has 9 heteroatoms. The molecule has 0 saturated heterocycles. The van der Waals surface area contributed by atoms with Crippen molar-refractivity contribution in [1.82, 2.24) is 9.21 Å². The summed E-state index contributed by atoms with van der Waals surface area (Å²) in [6, 6.07) is 5.07. The number of amides is 1. The van der Waals surface area contributed by atoms with Gasteiger partial charge >= 0.3 is 5.97 Å². The Kier molecular flexibility index (Phi) is 6.25. The number of aliphatic carboxylic acids is 1. The number of hydrogen-bond donors (Lipinski definition) is 2. The van der Waals surface area contributed by atoms with Gasteiger partial charge in [0.15, 0.2) is 0 Å². The monoisotopic (exact) mass is 343 g/mol. The molecule has 0 aromatic heterocycles. The van der Waals surface area contributed by atoms with E-state index in [0.717, 1.165) is 4.31 Å². The minimum atomic E-state index is -3.59. The van der Waals surface area contributed by atoms with E-state index in [1.54, 1.807) is 6.07 Å². The molecule has 23 heavy (non-hydrogen) atoms. The molecule has 128 valence electrons. The van der Waals surface area contributed by atoms with E-state index in [1.165, 1.54) is 51.2 Å². The van der Waals surface area contributed by atoms with Crippen molar-refractivity contribution >= 4 is 27.6 Å². The number of hydrogen-bond acceptors (Lipinski definition) is 5. The lowest BCUT2D eigenvalue weighted by atomic mass is 10.3. The highest BCUT2D eigenvalue weighted by Gasteiger charge is 2.20. The second-order valence-corrected chi connectivity index (χ2v) is 7.44. The molecule has 0 fully saturated rings. The van der Waals surface area contributed by atoms with E-state index >= 15 is 0 Å². The van der Waals surface area contributed by atoms with Crippen LogP contribution in [0, 0.1) is 0 Å². The number of carboxylic acid groups (broad SMARTS) is 1. The van der Waals surface area contributed by atoms with E-state index in [4.69, 9.17) is 5.11 Å². The summed E-state index contributed by atoms with van der Waals surface area (Å²) in [5.41, 5.74) is 0.328. The molecule has 8 nitrogen and oxygen atoms in total. The molecule has 1 unspecified atom stereocenters. The van der Waals surface area contributed by atoms with Gasteiger partial charge in [-0.3, -0.25) is 14.5 Å². The Balaban J connectivity index is 2.83. The summed E-state index contributed by atoms with van der Waals surface area (Å²) < 4.78 is 25.2. The zero-order valence-corrected chi connectivity index (χ0v) is 14.3. The van der Waals surface area contributed by atoms with Gasteiger partial charge in [-0.05, 0) is 32.2 Å². The van der Waals surface area contributed by atoms with Crippen molar-refractivity contribution in [2.45, 2.75) is 17.9 Å². The Labute approximate surface area is 135 Å². The van der Waals surface area contributed by atoms with Crippen LogP contribution >= 0.6 is 0 Å². The van der Waals surface area contributed by atoms with Gasteiger partial charge in [-0.15, -0.1) is 0 Å². The van der Waals surface area contributed by atoms with Gasteiger partial charge in [0.1, 0.15) is 6.04 Å². The maximum atomic E-state index is 12.1. The lowest BCUT2D eigenvalue weighted by Gasteiger charge is -2.20.